The van der Waals surface area contributed by atoms with Crippen LogP contribution in [0.2, 0.25) is 5.02 Å². The highest BCUT2D eigenvalue weighted by Gasteiger charge is 2.43. The topological polar surface area (TPSA) is 46.2 Å². The molecule has 1 unspecified atom stereocenters. The first-order valence-corrected chi connectivity index (χ1v) is 5.80. The van der Waals surface area contributed by atoms with Gasteiger partial charge in [-0.15, -0.1) is 0 Å². The monoisotopic (exact) mass is 243 g/mol. The summed E-state index contributed by atoms with van der Waals surface area (Å²) in [5.41, 5.74) is 5.59. The van der Waals surface area contributed by atoms with Crippen LogP contribution in [0.3, 0.4) is 0 Å². The maximum absolute atomic E-state index is 13.7. The Balaban J connectivity index is 2.33. The van der Waals surface area contributed by atoms with Gasteiger partial charge in [-0.1, -0.05) is 30.2 Å². The lowest BCUT2D eigenvalue weighted by molar-refractivity contribution is -0.0316. The molecule has 1 aliphatic carbocycles. The van der Waals surface area contributed by atoms with Crippen molar-refractivity contribution in [3.63, 3.8) is 0 Å². The van der Waals surface area contributed by atoms with Gasteiger partial charge >= 0.3 is 0 Å². The van der Waals surface area contributed by atoms with Crippen molar-refractivity contribution in [1.29, 1.82) is 0 Å². The fourth-order valence-corrected chi connectivity index (χ4v) is 2.46. The van der Waals surface area contributed by atoms with Gasteiger partial charge in [-0.2, -0.15) is 0 Å². The quantitative estimate of drug-likeness (QED) is 0.857. The van der Waals surface area contributed by atoms with Crippen LogP contribution in [0.4, 0.5) is 4.39 Å². The predicted octanol–water partition coefficient (Wildman–Crippen LogP) is 2.64. The summed E-state index contributed by atoms with van der Waals surface area (Å²) in [6.45, 7) is 0.375. The Kier molecular flexibility index (Phi) is 3.19. The first-order chi connectivity index (χ1) is 7.60. The summed E-state index contributed by atoms with van der Waals surface area (Å²) in [7, 11) is 0. The van der Waals surface area contributed by atoms with Crippen molar-refractivity contribution in [2.75, 3.05) is 6.54 Å². The largest absolute Gasteiger partial charge is 0.388 e. The number of nitrogens with two attached hydrogens (primary N) is 1. The van der Waals surface area contributed by atoms with E-state index >= 15 is 0 Å². The first-order valence-electron chi connectivity index (χ1n) is 5.43. The number of rotatable bonds is 3. The molecule has 0 aliphatic heterocycles. The van der Waals surface area contributed by atoms with Crippen LogP contribution in [0.5, 0.6) is 0 Å². The Morgan fingerprint density at radius 1 is 1.50 bits per heavy atom. The average Bonchev–Trinajstić information content (AvgIpc) is 2.21. The fourth-order valence-electron chi connectivity index (χ4n) is 2.28. The third-order valence-corrected chi connectivity index (χ3v) is 3.90. The maximum atomic E-state index is 13.7. The molecule has 1 saturated carbocycles. The summed E-state index contributed by atoms with van der Waals surface area (Å²) >= 11 is 5.70. The second-order valence-electron chi connectivity index (χ2n) is 4.47. The normalized spacial score (nSPS) is 20.2. The van der Waals surface area contributed by atoms with Crippen LogP contribution < -0.4 is 5.73 Å². The van der Waals surface area contributed by atoms with Gasteiger partial charge in [0.1, 0.15) is 5.82 Å². The maximum Gasteiger partial charge on any atom is 0.147 e. The zero-order valence-electron chi connectivity index (χ0n) is 8.92. The molecular formula is C12H15ClFNO. The Labute approximate surface area is 99.2 Å². The molecule has 1 atom stereocenters. The minimum absolute atomic E-state index is 0.0445. The van der Waals surface area contributed by atoms with E-state index in [2.05, 4.69) is 0 Å². The molecular weight excluding hydrogens is 229 g/mol. The van der Waals surface area contributed by atoms with Crippen LogP contribution in [0, 0.1) is 11.2 Å². The second-order valence-corrected chi connectivity index (χ2v) is 4.87. The number of aliphatic hydroxyl groups is 1. The number of benzene rings is 1. The molecule has 16 heavy (non-hydrogen) atoms. The van der Waals surface area contributed by atoms with E-state index < -0.39 is 11.9 Å². The molecule has 0 radical (unpaired) electrons. The van der Waals surface area contributed by atoms with E-state index in [1.807, 2.05) is 0 Å². The van der Waals surface area contributed by atoms with Gasteiger partial charge in [0.2, 0.25) is 0 Å². The van der Waals surface area contributed by atoms with Gasteiger partial charge < -0.3 is 10.8 Å². The zero-order chi connectivity index (χ0) is 11.8. The molecule has 0 heterocycles. The third kappa shape index (κ3) is 1.73. The Bertz CT molecular complexity index is 387. The predicted molar refractivity (Wildman–Crippen MR) is 61.7 cm³/mol. The molecule has 0 amide bonds. The van der Waals surface area contributed by atoms with Crippen molar-refractivity contribution >= 4 is 11.6 Å². The van der Waals surface area contributed by atoms with E-state index in [0.717, 1.165) is 19.3 Å². The van der Waals surface area contributed by atoms with Crippen molar-refractivity contribution in [2.24, 2.45) is 11.1 Å². The lowest BCUT2D eigenvalue weighted by atomic mass is 9.63. The summed E-state index contributed by atoms with van der Waals surface area (Å²) < 4.78 is 13.7. The average molecular weight is 244 g/mol. The van der Waals surface area contributed by atoms with Crippen LogP contribution in [0.25, 0.3) is 0 Å². The van der Waals surface area contributed by atoms with Gasteiger partial charge in [0.15, 0.2) is 0 Å². The van der Waals surface area contributed by atoms with E-state index in [1.54, 1.807) is 12.1 Å². The minimum atomic E-state index is -0.857. The van der Waals surface area contributed by atoms with E-state index in [-0.39, 0.29) is 16.0 Å². The van der Waals surface area contributed by atoms with Gasteiger partial charge in [0.25, 0.3) is 0 Å². The van der Waals surface area contributed by atoms with E-state index in [4.69, 9.17) is 17.3 Å². The highest BCUT2D eigenvalue weighted by molar-refractivity contribution is 6.30. The molecule has 0 saturated heterocycles. The molecule has 0 bridgehead atoms. The molecule has 1 aromatic carbocycles. The van der Waals surface area contributed by atoms with Gasteiger partial charge in [-0.3, -0.25) is 0 Å². The zero-order valence-corrected chi connectivity index (χ0v) is 9.67. The first kappa shape index (κ1) is 11.8. The van der Waals surface area contributed by atoms with Gasteiger partial charge in [-0.25, -0.2) is 4.39 Å². The smallest absolute Gasteiger partial charge is 0.147 e. The van der Waals surface area contributed by atoms with Crippen LogP contribution in [-0.2, 0) is 0 Å². The molecule has 1 aliphatic rings. The molecule has 4 heteroatoms. The highest BCUT2D eigenvalue weighted by Crippen LogP contribution is 2.50. The molecule has 3 N–H and O–H groups in total. The summed E-state index contributed by atoms with van der Waals surface area (Å²) in [6, 6.07) is 4.69. The van der Waals surface area contributed by atoms with Crippen molar-refractivity contribution < 1.29 is 9.50 Å². The van der Waals surface area contributed by atoms with Gasteiger partial charge in [0.05, 0.1) is 11.1 Å². The Morgan fingerprint density at radius 2 is 2.19 bits per heavy atom. The lowest BCUT2D eigenvalue weighted by Crippen LogP contribution is -2.42. The molecule has 0 aromatic heterocycles. The number of halogens is 2. The summed E-state index contributed by atoms with van der Waals surface area (Å²) in [4.78, 5) is 0. The SMILES string of the molecule is NCC1(C(O)c2cccc(Cl)c2F)CCC1. The molecule has 88 valence electrons. The number of hydrogen-bond acceptors (Lipinski definition) is 2. The van der Waals surface area contributed by atoms with Crippen LogP contribution in [0.15, 0.2) is 18.2 Å². The van der Waals surface area contributed by atoms with Crippen molar-refractivity contribution in [3.8, 4) is 0 Å². The van der Waals surface area contributed by atoms with Crippen LogP contribution in [-0.4, -0.2) is 11.7 Å². The highest BCUT2D eigenvalue weighted by atomic mass is 35.5. The van der Waals surface area contributed by atoms with Crippen molar-refractivity contribution in [3.05, 3.63) is 34.6 Å². The van der Waals surface area contributed by atoms with E-state index in [0.29, 0.717) is 6.54 Å². The molecule has 1 aromatic rings. The number of aliphatic hydroxyl groups excluding tert-OH is 1. The Hall–Kier alpha value is -0.640. The fraction of sp³-hybridized carbons (Fsp3) is 0.500. The summed E-state index contributed by atoms with van der Waals surface area (Å²) in [5.74, 6) is -0.531. The van der Waals surface area contributed by atoms with Gasteiger partial charge in [-0.05, 0) is 18.9 Å². The number of hydrogen-bond donors (Lipinski definition) is 2. The molecule has 1 fully saturated rings. The second kappa shape index (κ2) is 4.32. The molecule has 2 nitrogen and oxygen atoms in total. The Morgan fingerprint density at radius 3 is 2.69 bits per heavy atom. The van der Waals surface area contributed by atoms with E-state index in [1.165, 1.54) is 6.07 Å². The minimum Gasteiger partial charge on any atom is -0.388 e. The third-order valence-electron chi connectivity index (χ3n) is 3.61. The van der Waals surface area contributed by atoms with Gasteiger partial charge in [0, 0.05) is 17.5 Å². The van der Waals surface area contributed by atoms with Crippen LogP contribution in [0.1, 0.15) is 30.9 Å². The van der Waals surface area contributed by atoms with Crippen LogP contribution >= 0.6 is 11.6 Å². The lowest BCUT2D eigenvalue weighted by Gasteiger charge is -2.44. The van der Waals surface area contributed by atoms with Crippen molar-refractivity contribution in [2.45, 2.75) is 25.4 Å². The standard InChI is InChI=1S/C12H15ClFNO/c13-9-4-1-3-8(10(9)14)11(16)12(7-15)5-2-6-12/h1,3-4,11,16H,2,5-7,15H2. The summed E-state index contributed by atoms with van der Waals surface area (Å²) in [6.07, 6.45) is 1.87. The van der Waals surface area contributed by atoms with Crippen molar-refractivity contribution in [1.82, 2.24) is 0 Å². The summed E-state index contributed by atoms with van der Waals surface area (Å²) in [5, 5.41) is 10.3. The molecule has 0 spiro atoms. The van der Waals surface area contributed by atoms with E-state index in [9.17, 15) is 9.50 Å². The molecule has 2 rings (SSSR count).